The van der Waals surface area contributed by atoms with Gasteiger partial charge in [0.15, 0.2) is 5.82 Å². The first-order valence-corrected chi connectivity index (χ1v) is 9.96. The maximum absolute atomic E-state index is 14.0. The number of amides is 1. The number of aryl methyl sites for hydroxylation is 1. The molecule has 2 heterocycles. The first kappa shape index (κ1) is 22.6. The Hall–Kier alpha value is -1.70. The van der Waals surface area contributed by atoms with E-state index in [1.807, 2.05) is 0 Å². The quantitative estimate of drug-likeness (QED) is 0.479. The number of aromatic nitrogens is 2. The number of pyridine rings is 1. The van der Waals surface area contributed by atoms with Crippen molar-refractivity contribution in [1.29, 1.82) is 0 Å². The lowest BCUT2D eigenvalue weighted by Crippen LogP contribution is -2.42. The summed E-state index contributed by atoms with van der Waals surface area (Å²) in [4.78, 5) is 15.3. The number of nitrogens with zero attached hydrogens (tertiary/aromatic N) is 2. The highest BCUT2D eigenvalue weighted by Crippen LogP contribution is 2.30. The second-order valence-electron chi connectivity index (χ2n) is 5.57. The predicted molar refractivity (Wildman–Crippen MR) is 96.1 cm³/mol. The van der Waals surface area contributed by atoms with Crippen LogP contribution in [0.4, 0.5) is 23.2 Å². The van der Waals surface area contributed by atoms with E-state index in [4.69, 9.17) is 11.6 Å². The van der Waals surface area contributed by atoms with Crippen LogP contribution < -0.4 is 10.0 Å². The molecule has 2 aromatic heterocycles. The van der Waals surface area contributed by atoms with Crippen LogP contribution in [0.25, 0.3) is 0 Å². The Labute approximate surface area is 170 Å². The van der Waals surface area contributed by atoms with Gasteiger partial charge in [0.2, 0.25) is 10.0 Å². The zero-order valence-corrected chi connectivity index (χ0v) is 17.3. The van der Waals surface area contributed by atoms with Gasteiger partial charge in [-0.1, -0.05) is 11.6 Å². The second-order valence-corrected chi connectivity index (χ2v) is 8.38. The first-order chi connectivity index (χ1) is 12.8. The summed E-state index contributed by atoms with van der Waals surface area (Å²) < 4.78 is 78.6. The minimum absolute atomic E-state index is 0.170. The minimum Gasteiger partial charge on any atom is -0.344 e. The van der Waals surface area contributed by atoms with Crippen LogP contribution in [-0.2, 0) is 17.1 Å². The summed E-state index contributed by atoms with van der Waals surface area (Å²) in [5.74, 6) is -1.86. The van der Waals surface area contributed by atoms with E-state index >= 15 is 0 Å². The molecule has 0 saturated heterocycles. The predicted octanol–water partition coefficient (Wildman–Crippen LogP) is 3.46. The molecule has 1 atom stereocenters. The van der Waals surface area contributed by atoms with Crippen molar-refractivity contribution in [2.75, 3.05) is 5.32 Å². The fourth-order valence-corrected chi connectivity index (χ4v) is 4.34. The average Bonchev–Trinajstić information content (AvgIpc) is 2.86. The summed E-state index contributed by atoms with van der Waals surface area (Å²) in [6.07, 6.45) is -2.74. The van der Waals surface area contributed by atoms with Crippen LogP contribution in [0.3, 0.4) is 0 Å². The number of halogens is 6. The highest BCUT2D eigenvalue weighted by molar-refractivity contribution is 9.10. The summed E-state index contributed by atoms with van der Waals surface area (Å²) in [7, 11) is -3.43. The summed E-state index contributed by atoms with van der Waals surface area (Å²) in [5, 5.41) is 1.58. The van der Waals surface area contributed by atoms with E-state index in [1.54, 1.807) is 0 Å². The number of hydrogen-bond donors (Lipinski definition) is 2. The fourth-order valence-electron chi connectivity index (χ4n) is 2.08. The average molecular weight is 508 g/mol. The lowest BCUT2D eigenvalue weighted by atomic mass is 10.3. The Morgan fingerprint density at radius 3 is 2.57 bits per heavy atom. The molecule has 0 aliphatic rings. The van der Waals surface area contributed by atoms with Gasteiger partial charge >= 0.3 is 6.18 Å². The van der Waals surface area contributed by atoms with Crippen molar-refractivity contribution in [3.8, 4) is 0 Å². The molecule has 0 aliphatic carbocycles. The maximum Gasteiger partial charge on any atom is 0.404 e. The van der Waals surface area contributed by atoms with Gasteiger partial charge in [-0.15, -0.1) is 0 Å². The molecule has 7 nitrogen and oxygen atoms in total. The van der Waals surface area contributed by atoms with E-state index in [0.29, 0.717) is 6.92 Å². The molecular formula is C14H12BrClF4N4O3S. The van der Waals surface area contributed by atoms with Gasteiger partial charge in [0.1, 0.15) is 21.2 Å². The molecule has 0 aliphatic heterocycles. The van der Waals surface area contributed by atoms with Crippen LogP contribution in [0.5, 0.6) is 0 Å². The highest BCUT2D eigenvalue weighted by atomic mass is 79.9. The van der Waals surface area contributed by atoms with Crippen molar-refractivity contribution in [2.24, 2.45) is 7.05 Å². The van der Waals surface area contributed by atoms with Crippen LogP contribution in [0.15, 0.2) is 28.0 Å². The molecule has 0 saturated carbocycles. The Bertz CT molecular complexity index is 1030. The van der Waals surface area contributed by atoms with Crippen molar-refractivity contribution in [1.82, 2.24) is 14.3 Å². The summed E-state index contributed by atoms with van der Waals surface area (Å²) in [5.41, 5.74) is -0.661. The monoisotopic (exact) mass is 506 g/mol. The van der Waals surface area contributed by atoms with E-state index in [0.717, 1.165) is 16.8 Å². The number of anilines is 1. The van der Waals surface area contributed by atoms with Crippen LogP contribution in [-0.4, -0.2) is 36.1 Å². The Morgan fingerprint density at radius 1 is 1.39 bits per heavy atom. The summed E-state index contributed by atoms with van der Waals surface area (Å²) >= 11 is 8.79. The number of hydrogen-bond acceptors (Lipinski definition) is 4. The third kappa shape index (κ3) is 4.64. The summed E-state index contributed by atoms with van der Waals surface area (Å²) in [6.45, 7) is 0.617. The number of carbonyl (C=O) groups is 1. The molecule has 0 aromatic carbocycles. The van der Waals surface area contributed by atoms with E-state index in [9.17, 15) is 30.8 Å². The van der Waals surface area contributed by atoms with Crippen molar-refractivity contribution in [3.05, 3.63) is 39.6 Å². The van der Waals surface area contributed by atoms with Crippen molar-refractivity contribution >= 4 is 49.1 Å². The Morgan fingerprint density at radius 2 is 2.00 bits per heavy atom. The molecule has 14 heteroatoms. The molecule has 28 heavy (non-hydrogen) atoms. The standard InChI is InChI=1S/C14H12BrClF4N4O3S/c1-6(14(18,19)20)23-28(26,27)8-5-24(2)11(9(8)16)13(25)22-7-3-4-21-12(15)10(7)17/h3-6,23H,1-2H3,(H,21,22,25). The molecule has 0 fully saturated rings. The number of alkyl halides is 3. The van der Waals surface area contributed by atoms with E-state index in [1.165, 1.54) is 18.0 Å². The lowest BCUT2D eigenvalue weighted by molar-refractivity contribution is -0.147. The summed E-state index contributed by atoms with van der Waals surface area (Å²) in [6, 6.07) is -1.23. The van der Waals surface area contributed by atoms with Crippen molar-refractivity contribution in [2.45, 2.75) is 24.0 Å². The molecule has 2 rings (SSSR count). The topological polar surface area (TPSA) is 93.1 Å². The first-order valence-electron chi connectivity index (χ1n) is 7.31. The van der Waals surface area contributed by atoms with E-state index < -0.39 is 49.6 Å². The van der Waals surface area contributed by atoms with Gasteiger partial charge in [-0.2, -0.15) is 17.9 Å². The zero-order chi connectivity index (χ0) is 21.4. The van der Waals surface area contributed by atoms with Crippen LogP contribution in [0.1, 0.15) is 17.4 Å². The Balaban J connectivity index is 2.38. The molecule has 1 unspecified atom stereocenters. The Kier molecular flexibility index (Phi) is 6.43. The molecule has 2 aromatic rings. The third-order valence-electron chi connectivity index (χ3n) is 3.51. The van der Waals surface area contributed by atoms with Crippen LogP contribution in [0, 0.1) is 5.82 Å². The van der Waals surface area contributed by atoms with E-state index in [-0.39, 0.29) is 10.3 Å². The van der Waals surface area contributed by atoms with Gasteiger partial charge in [-0.3, -0.25) is 4.79 Å². The van der Waals surface area contributed by atoms with Gasteiger partial charge in [-0.05, 0) is 28.9 Å². The van der Waals surface area contributed by atoms with Crippen LogP contribution in [0.2, 0.25) is 5.02 Å². The third-order valence-corrected chi connectivity index (χ3v) is 6.11. The zero-order valence-electron chi connectivity index (χ0n) is 14.1. The van der Waals surface area contributed by atoms with Crippen LogP contribution >= 0.6 is 27.5 Å². The largest absolute Gasteiger partial charge is 0.404 e. The second kappa shape index (κ2) is 7.97. The fraction of sp³-hybridized carbons (Fsp3) is 0.286. The van der Waals surface area contributed by atoms with Gasteiger partial charge in [0.25, 0.3) is 5.91 Å². The molecule has 0 radical (unpaired) electrons. The molecule has 0 spiro atoms. The number of nitrogens with one attached hydrogen (secondary N) is 2. The van der Waals surface area contributed by atoms with Gasteiger partial charge in [-0.25, -0.2) is 17.8 Å². The van der Waals surface area contributed by atoms with Gasteiger partial charge in [0.05, 0.1) is 10.7 Å². The molecule has 2 N–H and O–H groups in total. The van der Waals surface area contributed by atoms with E-state index in [2.05, 4.69) is 26.2 Å². The number of sulfonamides is 1. The SMILES string of the molecule is CC(NS(=O)(=O)c1cn(C)c(C(=O)Nc2ccnc(Br)c2F)c1Cl)C(F)(F)F. The normalized spacial score (nSPS) is 13.4. The van der Waals surface area contributed by atoms with Crippen molar-refractivity contribution < 1.29 is 30.8 Å². The molecule has 154 valence electrons. The number of rotatable bonds is 5. The maximum atomic E-state index is 14.0. The smallest absolute Gasteiger partial charge is 0.344 e. The molecular weight excluding hydrogens is 496 g/mol. The highest BCUT2D eigenvalue weighted by Gasteiger charge is 2.40. The minimum atomic E-state index is -4.82. The van der Waals surface area contributed by atoms with Gasteiger partial charge in [0, 0.05) is 19.4 Å². The van der Waals surface area contributed by atoms with Crippen molar-refractivity contribution in [3.63, 3.8) is 0 Å². The lowest BCUT2D eigenvalue weighted by Gasteiger charge is -2.16. The van der Waals surface area contributed by atoms with Gasteiger partial charge < -0.3 is 9.88 Å². The number of carbonyl (C=O) groups excluding carboxylic acids is 1. The molecule has 0 bridgehead atoms. The molecule has 1 amide bonds.